The molecule has 0 radical (unpaired) electrons. The second-order valence-electron chi connectivity index (χ2n) is 9.74. The van der Waals surface area contributed by atoms with Crippen LogP contribution in [0.25, 0.3) is 0 Å². The quantitative estimate of drug-likeness (QED) is 0.0975. The van der Waals surface area contributed by atoms with Gasteiger partial charge in [0.25, 0.3) is 0 Å². The molecule has 0 aromatic carbocycles. The number of carbonyl (C=O) groups excluding carboxylic acids is 1. The molecule has 15 nitrogen and oxygen atoms in total. The molecule has 0 saturated carbocycles. The van der Waals surface area contributed by atoms with E-state index >= 15 is 0 Å². The van der Waals surface area contributed by atoms with Gasteiger partial charge in [-0.1, -0.05) is 71.1 Å². The monoisotopic (exact) mass is 613 g/mol. The molecule has 2 heterocycles. The molecule has 2 rings (SSSR count). The van der Waals surface area contributed by atoms with Crippen LogP contribution in [0.5, 0.6) is 0 Å². The van der Waals surface area contributed by atoms with Crippen LogP contribution in [-0.2, 0) is 27.7 Å². The minimum atomic E-state index is -5.17. The Bertz CT molecular complexity index is 1080. The van der Waals surface area contributed by atoms with Crippen molar-refractivity contribution in [1.82, 2.24) is 9.55 Å². The third-order valence-corrected chi connectivity index (χ3v) is 7.36. The van der Waals surface area contributed by atoms with E-state index in [9.17, 15) is 23.8 Å². The summed E-state index contributed by atoms with van der Waals surface area (Å²) in [5.41, 5.74) is -0.969. The molecule has 6 N–H and O–H groups in total. The van der Waals surface area contributed by atoms with E-state index in [2.05, 4.69) is 26.3 Å². The van der Waals surface area contributed by atoms with Crippen LogP contribution in [0.4, 0.5) is 5.82 Å². The molecule has 230 valence electrons. The zero-order valence-corrected chi connectivity index (χ0v) is 24.3. The zero-order valence-electron chi connectivity index (χ0n) is 22.5. The maximum absolute atomic E-state index is 12.6. The standard InChI is InChI=1S/C23H41N3O12P2/c1-2-3-4-5-6-7-8-9-10-11-12-13-19(27)24-18-14-15-26(23(29)25-18)22-20(28)21(38-40(33,34)35)17(37-22)16-36-39(30,31)32/h14-15,17,20-22,28H,2-13,16H2,1H3,(H2,30,31,32)(H2,33,34,35)(H,24,25,27,29)/t17-,20-,21-,22-/m1/s1. The summed E-state index contributed by atoms with van der Waals surface area (Å²) in [5, 5.41) is 13.1. The second kappa shape index (κ2) is 16.8. The van der Waals surface area contributed by atoms with Gasteiger partial charge in [-0.15, -0.1) is 0 Å². The molecule has 0 spiro atoms. The number of aromatic nitrogens is 2. The first-order chi connectivity index (χ1) is 18.8. The van der Waals surface area contributed by atoms with Crippen molar-refractivity contribution in [3.8, 4) is 0 Å². The van der Waals surface area contributed by atoms with E-state index < -0.39 is 52.5 Å². The second-order valence-corrected chi connectivity index (χ2v) is 12.2. The molecule has 0 aliphatic carbocycles. The van der Waals surface area contributed by atoms with Crippen molar-refractivity contribution in [1.29, 1.82) is 0 Å². The number of nitrogens with one attached hydrogen (secondary N) is 1. The van der Waals surface area contributed by atoms with Gasteiger partial charge in [0.1, 0.15) is 24.1 Å². The summed E-state index contributed by atoms with van der Waals surface area (Å²) in [5.74, 6) is -0.353. The topological polar surface area (TPSA) is 227 Å². The number of ether oxygens (including phenoxy) is 1. The largest absolute Gasteiger partial charge is 0.470 e. The normalized spacial score (nSPS) is 21.6. The number of aliphatic hydroxyl groups is 1. The predicted octanol–water partition coefficient (Wildman–Crippen LogP) is 2.73. The molecule has 1 saturated heterocycles. The van der Waals surface area contributed by atoms with Gasteiger partial charge in [0, 0.05) is 12.6 Å². The molecule has 1 fully saturated rings. The van der Waals surface area contributed by atoms with Crippen LogP contribution >= 0.6 is 15.6 Å². The maximum Gasteiger partial charge on any atom is 0.470 e. The first-order valence-electron chi connectivity index (χ1n) is 13.5. The van der Waals surface area contributed by atoms with E-state index in [1.54, 1.807) is 0 Å². The van der Waals surface area contributed by atoms with Crippen molar-refractivity contribution < 1.29 is 52.4 Å². The molecular weight excluding hydrogens is 572 g/mol. The van der Waals surface area contributed by atoms with E-state index in [1.165, 1.54) is 51.0 Å². The van der Waals surface area contributed by atoms with Crippen LogP contribution < -0.4 is 11.0 Å². The Hall–Kier alpha value is -1.51. The third-order valence-electron chi connectivity index (χ3n) is 6.35. The number of phosphoric acid groups is 2. The summed E-state index contributed by atoms with van der Waals surface area (Å²) in [7, 11) is -10.2. The van der Waals surface area contributed by atoms with E-state index in [0.717, 1.165) is 30.0 Å². The molecule has 40 heavy (non-hydrogen) atoms. The molecule has 17 heteroatoms. The van der Waals surface area contributed by atoms with Gasteiger partial charge in [0.15, 0.2) is 6.23 Å². The van der Waals surface area contributed by atoms with Gasteiger partial charge >= 0.3 is 21.3 Å². The highest BCUT2D eigenvalue weighted by molar-refractivity contribution is 7.46. The van der Waals surface area contributed by atoms with Gasteiger partial charge in [0.2, 0.25) is 5.91 Å². The van der Waals surface area contributed by atoms with Crippen LogP contribution in [0.1, 0.15) is 90.2 Å². The van der Waals surface area contributed by atoms with Gasteiger partial charge in [-0.2, -0.15) is 4.98 Å². The number of carbonyl (C=O) groups is 1. The van der Waals surface area contributed by atoms with Crippen LogP contribution in [-0.4, -0.2) is 65.1 Å². The smallest absolute Gasteiger partial charge is 0.386 e. The minimum absolute atomic E-state index is 0.0359. The summed E-state index contributed by atoms with van der Waals surface area (Å²) in [4.78, 5) is 64.7. The van der Waals surface area contributed by atoms with Crippen LogP contribution in [0, 0.1) is 0 Å². The van der Waals surface area contributed by atoms with E-state index in [0.29, 0.717) is 6.42 Å². The lowest BCUT2D eigenvalue weighted by molar-refractivity contribution is -0.116. The number of anilines is 1. The lowest BCUT2D eigenvalue weighted by Gasteiger charge is -2.21. The number of hydrogen-bond acceptors (Lipinski definition) is 9. The minimum Gasteiger partial charge on any atom is -0.386 e. The van der Waals surface area contributed by atoms with Crippen LogP contribution in [0.15, 0.2) is 17.1 Å². The number of phosphoric ester groups is 2. The predicted molar refractivity (Wildman–Crippen MR) is 143 cm³/mol. The SMILES string of the molecule is CCCCCCCCCCCCCC(=O)Nc1ccn([C@@H]2O[C@H](COP(=O)(O)O)[C@@H](OP(=O)(O)O)[C@H]2O)c(=O)n1. The Labute approximate surface area is 232 Å². The highest BCUT2D eigenvalue weighted by Crippen LogP contribution is 2.45. The average Bonchev–Trinajstić information content (AvgIpc) is 3.14. The Morgan fingerprint density at radius 1 is 1.00 bits per heavy atom. The van der Waals surface area contributed by atoms with E-state index in [4.69, 9.17) is 24.3 Å². The summed E-state index contributed by atoms with van der Waals surface area (Å²) >= 11 is 0. The summed E-state index contributed by atoms with van der Waals surface area (Å²) < 4.78 is 37.3. The highest BCUT2D eigenvalue weighted by Gasteiger charge is 2.49. The molecule has 4 atom stereocenters. The van der Waals surface area contributed by atoms with Crippen molar-refractivity contribution in [2.24, 2.45) is 0 Å². The Morgan fingerprint density at radius 2 is 1.57 bits per heavy atom. The van der Waals surface area contributed by atoms with Crippen molar-refractivity contribution >= 4 is 27.4 Å². The molecule has 1 aromatic heterocycles. The molecule has 1 aromatic rings. The van der Waals surface area contributed by atoms with Crippen molar-refractivity contribution in [2.45, 2.75) is 109 Å². The van der Waals surface area contributed by atoms with Crippen molar-refractivity contribution in [3.63, 3.8) is 0 Å². The van der Waals surface area contributed by atoms with E-state index in [-0.39, 0.29) is 18.1 Å². The summed E-state index contributed by atoms with van der Waals surface area (Å²) in [6.45, 7) is 1.30. The third kappa shape index (κ3) is 13.0. The number of aliphatic hydroxyl groups excluding tert-OH is 1. The van der Waals surface area contributed by atoms with Crippen molar-refractivity contribution in [2.75, 3.05) is 11.9 Å². The number of nitrogens with zero attached hydrogens (tertiary/aromatic N) is 2. The van der Waals surface area contributed by atoms with Gasteiger partial charge < -0.3 is 34.7 Å². The van der Waals surface area contributed by atoms with Crippen LogP contribution in [0.3, 0.4) is 0 Å². The lowest BCUT2D eigenvalue weighted by Crippen LogP contribution is -2.37. The zero-order chi connectivity index (χ0) is 29.8. The average molecular weight is 614 g/mol. The fourth-order valence-corrected chi connectivity index (χ4v) is 5.29. The Kier molecular flexibility index (Phi) is 14.6. The van der Waals surface area contributed by atoms with Gasteiger partial charge in [-0.3, -0.25) is 18.4 Å². The van der Waals surface area contributed by atoms with Gasteiger partial charge in [0.05, 0.1) is 6.61 Å². The lowest BCUT2D eigenvalue weighted by atomic mass is 10.1. The fraction of sp³-hybridized carbons (Fsp3) is 0.783. The maximum atomic E-state index is 12.6. The molecule has 0 bridgehead atoms. The Balaban J connectivity index is 1.84. The summed E-state index contributed by atoms with van der Waals surface area (Å²) in [6.07, 6.45) is 7.26. The first kappa shape index (κ1) is 34.7. The Morgan fingerprint density at radius 3 is 2.10 bits per heavy atom. The number of amides is 1. The van der Waals surface area contributed by atoms with Crippen molar-refractivity contribution in [3.05, 3.63) is 22.7 Å². The first-order valence-corrected chi connectivity index (χ1v) is 16.5. The van der Waals surface area contributed by atoms with Gasteiger partial charge in [-0.05, 0) is 12.5 Å². The molecular formula is C23H41N3O12P2. The van der Waals surface area contributed by atoms with Crippen LogP contribution in [0.2, 0.25) is 0 Å². The fourth-order valence-electron chi connectivity index (χ4n) is 4.37. The number of rotatable bonds is 19. The number of unbranched alkanes of at least 4 members (excludes halogenated alkanes) is 10. The number of hydrogen-bond donors (Lipinski definition) is 6. The summed E-state index contributed by atoms with van der Waals surface area (Å²) in [6, 6.07) is 1.27. The molecule has 1 aliphatic rings. The molecule has 0 unspecified atom stereocenters. The molecule has 1 aliphatic heterocycles. The van der Waals surface area contributed by atoms with Gasteiger partial charge in [-0.25, -0.2) is 13.9 Å². The molecule has 1 amide bonds. The van der Waals surface area contributed by atoms with E-state index in [1.807, 2.05) is 0 Å². The highest BCUT2D eigenvalue weighted by atomic mass is 31.2.